The molecule has 0 spiro atoms. The van der Waals surface area contributed by atoms with Gasteiger partial charge in [0.25, 0.3) is 0 Å². The number of hydrogen-bond donors (Lipinski definition) is 0. The minimum Gasteiger partial charge on any atom is -0.234 e. The number of hydrogen-bond acceptors (Lipinski definition) is 3. The zero-order valence-corrected chi connectivity index (χ0v) is 13.8. The van der Waals surface area contributed by atoms with Crippen LogP contribution in [-0.4, -0.2) is 4.98 Å². The third-order valence-electron chi connectivity index (χ3n) is 2.81. The minimum absolute atomic E-state index is 0.887. The lowest BCUT2D eigenvalue weighted by Gasteiger charge is -2.03. The van der Waals surface area contributed by atoms with Gasteiger partial charge in [-0.3, -0.25) is 0 Å². The van der Waals surface area contributed by atoms with Crippen LogP contribution in [0.3, 0.4) is 0 Å². The van der Waals surface area contributed by atoms with Gasteiger partial charge < -0.3 is 0 Å². The van der Waals surface area contributed by atoms with Gasteiger partial charge in [-0.2, -0.15) is 0 Å². The topological polar surface area (TPSA) is 12.9 Å². The van der Waals surface area contributed by atoms with E-state index in [9.17, 15) is 0 Å². The molecule has 0 saturated carbocycles. The van der Waals surface area contributed by atoms with E-state index in [4.69, 9.17) is 0 Å². The highest BCUT2D eigenvalue weighted by Crippen LogP contribution is 2.27. The zero-order valence-electron chi connectivity index (χ0n) is 10.6. The van der Waals surface area contributed by atoms with Crippen molar-refractivity contribution in [2.24, 2.45) is 0 Å². The Kier molecular flexibility index (Phi) is 4.55. The Morgan fingerprint density at radius 3 is 2.30 bits per heavy atom. The molecule has 0 radical (unpaired) electrons. The molecule has 0 unspecified atom stereocenters. The summed E-state index contributed by atoms with van der Waals surface area (Å²) in [4.78, 5) is 6.96. The SMILES string of the molecule is Brc1nc(Cc2ccc(Sc3ccccc3)cc2)cs1. The van der Waals surface area contributed by atoms with Crippen molar-refractivity contribution < 1.29 is 0 Å². The van der Waals surface area contributed by atoms with Gasteiger partial charge in [-0.25, -0.2) is 4.98 Å². The molecule has 0 amide bonds. The Labute approximate surface area is 135 Å². The van der Waals surface area contributed by atoms with Gasteiger partial charge in [-0.05, 0) is 45.8 Å². The molecule has 0 N–H and O–H groups in total. The average molecular weight is 362 g/mol. The Balaban J connectivity index is 1.68. The van der Waals surface area contributed by atoms with E-state index in [1.54, 1.807) is 23.1 Å². The van der Waals surface area contributed by atoms with E-state index in [1.165, 1.54) is 15.4 Å². The third-order valence-corrected chi connectivity index (χ3v) is 5.24. The monoisotopic (exact) mass is 361 g/mol. The number of benzene rings is 2. The largest absolute Gasteiger partial charge is 0.234 e. The molecule has 20 heavy (non-hydrogen) atoms. The second-order valence-corrected chi connectivity index (χ2v) is 7.61. The van der Waals surface area contributed by atoms with E-state index < -0.39 is 0 Å². The molecule has 100 valence electrons. The van der Waals surface area contributed by atoms with Crippen molar-refractivity contribution in [2.75, 3.05) is 0 Å². The van der Waals surface area contributed by atoms with E-state index in [1.807, 2.05) is 6.07 Å². The quantitative estimate of drug-likeness (QED) is 0.595. The lowest BCUT2D eigenvalue weighted by Crippen LogP contribution is -1.87. The van der Waals surface area contributed by atoms with E-state index in [0.717, 1.165) is 16.0 Å². The van der Waals surface area contributed by atoms with Crippen LogP contribution in [0.2, 0.25) is 0 Å². The second kappa shape index (κ2) is 6.57. The molecular formula is C16H12BrNS2. The summed E-state index contributed by atoms with van der Waals surface area (Å²) >= 11 is 6.81. The number of nitrogens with zero attached hydrogens (tertiary/aromatic N) is 1. The standard InChI is InChI=1S/C16H12BrNS2/c17-16-18-13(11-19-16)10-12-6-8-15(9-7-12)20-14-4-2-1-3-5-14/h1-9,11H,10H2. The molecule has 0 aliphatic carbocycles. The van der Waals surface area contributed by atoms with Gasteiger partial charge in [0.2, 0.25) is 0 Å². The molecule has 1 nitrogen and oxygen atoms in total. The van der Waals surface area contributed by atoms with Gasteiger partial charge in [0.15, 0.2) is 3.92 Å². The highest BCUT2D eigenvalue weighted by Gasteiger charge is 2.02. The van der Waals surface area contributed by atoms with Crippen LogP contribution < -0.4 is 0 Å². The van der Waals surface area contributed by atoms with Crippen LogP contribution in [0.1, 0.15) is 11.3 Å². The zero-order chi connectivity index (χ0) is 13.8. The lowest BCUT2D eigenvalue weighted by molar-refractivity contribution is 1.09. The molecule has 1 aromatic heterocycles. The first-order chi connectivity index (χ1) is 9.79. The Morgan fingerprint density at radius 2 is 1.65 bits per heavy atom. The molecule has 2 aromatic carbocycles. The van der Waals surface area contributed by atoms with Crippen molar-refractivity contribution in [3.05, 3.63) is 75.2 Å². The van der Waals surface area contributed by atoms with Crippen LogP contribution in [0.5, 0.6) is 0 Å². The van der Waals surface area contributed by atoms with E-state index in [-0.39, 0.29) is 0 Å². The molecule has 1 heterocycles. The Hall–Kier alpha value is -1.10. The van der Waals surface area contributed by atoms with Crippen LogP contribution in [0.15, 0.2) is 73.7 Å². The minimum atomic E-state index is 0.887. The molecule has 0 bridgehead atoms. The van der Waals surface area contributed by atoms with Crippen molar-refractivity contribution in [2.45, 2.75) is 16.2 Å². The molecule has 0 atom stereocenters. The summed E-state index contributed by atoms with van der Waals surface area (Å²) in [6.07, 6.45) is 0.887. The van der Waals surface area contributed by atoms with Gasteiger partial charge >= 0.3 is 0 Å². The summed E-state index contributed by atoms with van der Waals surface area (Å²) < 4.78 is 0.948. The summed E-state index contributed by atoms with van der Waals surface area (Å²) in [5, 5.41) is 2.09. The Morgan fingerprint density at radius 1 is 0.950 bits per heavy atom. The van der Waals surface area contributed by atoms with Crippen molar-refractivity contribution in [1.82, 2.24) is 4.98 Å². The second-order valence-electron chi connectivity index (χ2n) is 4.33. The Bertz CT molecular complexity index is 677. The highest BCUT2D eigenvalue weighted by molar-refractivity contribution is 9.11. The fraction of sp³-hybridized carbons (Fsp3) is 0.0625. The summed E-state index contributed by atoms with van der Waals surface area (Å²) in [7, 11) is 0. The molecule has 3 rings (SSSR count). The number of aromatic nitrogens is 1. The van der Waals surface area contributed by atoms with Gasteiger partial charge in [0.05, 0.1) is 5.69 Å². The maximum Gasteiger partial charge on any atom is 0.159 e. The first-order valence-electron chi connectivity index (χ1n) is 6.21. The molecule has 3 aromatic rings. The first-order valence-corrected chi connectivity index (χ1v) is 8.70. The fourth-order valence-electron chi connectivity index (χ4n) is 1.87. The maximum atomic E-state index is 4.43. The summed E-state index contributed by atoms with van der Waals surface area (Å²) in [6, 6.07) is 19.1. The third kappa shape index (κ3) is 3.72. The van der Waals surface area contributed by atoms with E-state index in [2.05, 4.69) is 74.8 Å². The smallest absolute Gasteiger partial charge is 0.159 e. The molecule has 0 aliphatic heterocycles. The molecule has 0 fully saturated rings. The molecule has 0 aliphatic rings. The van der Waals surface area contributed by atoms with E-state index in [0.29, 0.717) is 0 Å². The van der Waals surface area contributed by atoms with Gasteiger partial charge in [-0.1, -0.05) is 42.1 Å². The molecule has 4 heteroatoms. The van der Waals surface area contributed by atoms with Gasteiger partial charge in [0.1, 0.15) is 0 Å². The summed E-state index contributed by atoms with van der Waals surface area (Å²) in [6.45, 7) is 0. The van der Waals surface area contributed by atoms with Crippen molar-refractivity contribution in [3.63, 3.8) is 0 Å². The number of rotatable bonds is 4. The normalized spacial score (nSPS) is 10.7. The van der Waals surface area contributed by atoms with Crippen LogP contribution in [0.4, 0.5) is 0 Å². The van der Waals surface area contributed by atoms with Crippen molar-refractivity contribution in [3.8, 4) is 0 Å². The molecule has 0 saturated heterocycles. The summed E-state index contributed by atoms with van der Waals surface area (Å²) in [5.41, 5.74) is 2.41. The van der Waals surface area contributed by atoms with E-state index >= 15 is 0 Å². The fourth-order valence-corrected chi connectivity index (χ4v) is 3.76. The predicted molar refractivity (Wildman–Crippen MR) is 89.6 cm³/mol. The van der Waals surface area contributed by atoms with Crippen molar-refractivity contribution in [1.29, 1.82) is 0 Å². The first kappa shape index (κ1) is 13.9. The lowest BCUT2D eigenvalue weighted by atomic mass is 10.1. The number of thiazole rings is 1. The predicted octanol–water partition coefficient (Wildman–Crippen LogP) is 5.65. The maximum absolute atomic E-state index is 4.43. The van der Waals surface area contributed by atoms with Gasteiger partial charge in [0, 0.05) is 21.6 Å². The average Bonchev–Trinajstić information content (AvgIpc) is 2.88. The summed E-state index contributed by atoms with van der Waals surface area (Å²) in [5.74, 6) is 0. The highest BCUT2D eigenvalue weighted by atomic mass is 79.9. The van der Waals surface area contributed by atoms with Gasteiger partial charge in [-0.15, -0.1) is 11.3 Å². The van der Waals surface area contributed by atoms with Crippen LogP contribution in [0, 0.1) is 0 Å². The van der Waals surface area contributed by atoms with Crippen LogP contribution in [0.25, 0.3) is 0 Å². The van der Waals surface area contributed by atoms with Crippen LogP contribution >= 0.6 is 39.0 Å². The molecular weight excluding hydrogens is 350 g/mol. The number of halogens is 1. The van der Waals surface area contributed by atoms with Crippen LogP contribution in [-0.2, 0) is 6.42 Å². The van der Waals surface area contributed by atoms with Crippen molar-refractivity contribution >= 4 is 39.0 Å².